The van der Waals surface area contributed by atoms with E-state index in [9.17, 15) is 32.3 Å². The third kappa shape index (κ3) is 10.9. The van der Waals surface area contributed by atoms with Crippen LogP contribution < -0.4 is 5.73 Å². The first-order valence-corrected chi connectivity index (χ1v) is 13.5. The Morgan fingerprint density at radius 3 is 1.56 bits per heavy atom. The largest absolute Gasteiger partial charge is 0.449 e. The second-order valence-electron chi connectivity index (χ2n) is 10.7. The first-order chi connectivity index (χ1) is 19.3. The Labute approximate surface area is 237 Å². The van der Waals surface area contributed by atoms with Gasteiger partial charge in [0, 0.05) is 26.2 Å². The number of primary amides is 1. The molecule has 0 spiro atoms. The molecule has 2 saturated carbocycles. The average molecular weight is 576 g/mol. The van der Waals surface area contributed by atoms with Crippen LogP contribution in [0.5, 0.6) is 0 Å². The number of carbonyl (C=O) groups excluding carboxylic acids is 4. The molecule has 0 bridgehead atoms. The lowest BCUT2D eigenvalue weighted by Crippen LogP contribution is -2.41. The molecule has 2 aliphatic carbocycles. The van der Waals surface area contributed by atoms with Crippen LogP contribution in [-0.2, 0) is 37.0 Å². The van der Waals surface area contributed by atoms with Crippen LogP contribution >= 0.6 is 0 Å². The van der Waals surface area contributed by atoms with Crippen LogP contribution in [0.4, 0.5) is 13.2 Å². The summed E-state index contributed by atoms with van der Waals surface area (Å²) in [7, 11) is 0. The summed E-state index contributed by atoms with van der Waals surface area (Å²) in [5.41, 5.74) is 9.08. The van der Waals surface area contributed by atoms with Gasteiger partial charge in [0.2, 0.25) is 0 Å². The van der Waals surface area contributed by atoms with E-state index in [-0.39, 0.29) is 6.54 Å². The summed E-state index contributed by atoms with van der Waals surface area (Å²) in [5, 5.41) is 0. The summed E-state index contributed by atoms with van der Waals surface area (Å²) in [6.45, 7) is 3.76. The maximum absolute atomic E-state index is 12.1. The number of benzene rings is 2. The molecule has 2 N–H and O–H groups in total. The van der Waals surface area contributed by atoms with E-state index in [1.807, 2.05) is 62.4 Å². The van der Waals surface area contributed by atoms with E-state index < -0.39 is 36.5 Å². The molecule has 0 saturated heterocycles. The van der Waals surface area contributed by atoms with Gasteiger partial charge in [-0.1, -0.05) is 48.5 Å². The van der Waals surface area contributed by atoms with E-state index in [0.29, 0.717) is 31.5 Å². The number of aryl methyl sites for hydroxylation is 2. The van der Waals surface area contributed by atoms with Crippen molar-refractivity contribution in [2.75, 3.05) is 19.7 Å². The lowest BCUT2D eigenvalue weighted by atomic mass is 10.1. The number of rotatable bonds is 9. The molecule has 0 unspecified atom stereocenters. The van der Waals surface area contributed by atoms with Gasteiger partial charge in [-0.25, -0.2) is 4.79 Å². The molecule has 222 valence electrons. The lowest BCUT2D eigenvalue weighted by molar-refractivity contribution is -0.189. The number of carbonyl (C=O) groups is 4. The first kappa shape index (κ1) is 31.6. The molecule has 0 aliphatic heterocycles. The molecule has 3 amide bonds. The third-order valence-electron chi connectivity index (χ3n) is 6.92. The van der Waals surface area contributed by atoms with Gasteiger partial charge in [0.1, 0.15) is 0 Å². The monoisotopic (exact) mass is 575 g/mol. The number of hydrogen-bond acceptors (Lipinski definition) is 5. The molecule has 2 aromatic rings. The number of nitrogens with zero attached hydrogens (tertiary/aromatic N) is 2. The Balaban J connectivity index is 0.000000232. The van der Waals surface area contributed by atoms with Crippen molar-refractivity contribution in [2.45, 2.75) is 58.8 Å². The van der Waals surface area contributed by atoms with Crippen molar-refractivity contribution in [2.24, 2.45) is 17.6 Å². The van der Waals surface area contributed by atoms with Crippen molar-refractivity contribution >= 4 is 23.7 Å². The second-order valence-corrected chi connectivity index (χ2v) is 10.7. The van der Waals surface area contributed by atoms with Crippen LogP contribution in [0.15, 0.2) is 48.5 Å². The highest BCUT2D eigenvalue weighted by Crippen LogP contribution is 2.31. The molecular weight excluding hydrogens is 539 g/mol. The minimum Gasteiger partial charge on any atom is -0.449 e. The number of alkyl halides is 3. The summed E-state index contributed by atoms with van der Waals surface area (Å²) in [5.74, 6) is -3.09. The van der Waals surface area contributed by atoms with Crippen LogP contribution in [0, 0.1) is 25.7 Å². The molecule has 11 heteroatoms. The number of nitrogens with two attached hydrogens (primary N) is 1. The van der Waals surface area contributed by atoms with Crippen molar-refractivity contribution in [3.63, 3.8) is 0 Å². The van der Waals surface area contributed by atoms with Gasteiger partial charge >= 0.3 is 29.9 Å². The molecule has 2 aromatic carbocycles. The minimum absolute atomic E-state index is 0.184. The summed E-state index contributed by atoms with van der Waals surface area (Å²) in [6, 6.07) is 15.2. The molecule has 8 nitrogen and oxygen atoms in total. The summed E-state index contributed by atoms with van der Waals surface area (Å²) < 4.78 is 40.4. The van der Waals surface area contributed by atoms with Gasteiger partial charge in [-0.15, -0.1) is 0 Å². The zero-order valence-electron chi connectivity index (χ0n) is 23.3. The maximum Gasteiger partial charge on any atom is 0.422 e. The Hall–Kier alpha value is -3.89. The quantitative estimate of drug-likeness (QED) is 0.358. The van der Waals surface area contributed by atoms with Crippen molar-refractivity contribution in [3.8, 4) is 0 Å². The zero-order valence-corrected chi connectivity index (χ0v) is 23.3. The molecule has 0 aromatic heterocycles. The molecular formula is C30H36F3N3O5. The highest BCUT2D eigenvalue weighted by molar-refractivity contribution is 6.34. The van der Waals surface area contributed by atoms with Crippen LogP contribution in [0.1, 0.15) is 47.9 Å². The number of amides is 3. The minimum atomic E-state index is -4.65. The van der Waals surface area contributed by atoms with Gasteiger partial charge < -0.3 is 20.3 Å². The SMILES string of the molecule is Cc1ccccc1CN(CC1CC1)C(=O)C(=O)OCC(F)(F)F.Cc1ccccc1CN(CC1CC1)C(=O)C(N)=O. The standard InChI is InChI=1S/C16H18F3NO3.C14H18N2O2/c1-11-4-2-3-5-13(11)9-20(8-12-6-7-12)14(21)15(22)23-10-16(17,18)19;1-10-4-2-3-5-12(10)9-16(8-11-6-7-11)14(18)13(15)17/h2-5,12H,6-10H2,1H3;2-5,11H,6-9H2,1H3,(H2,15,17). The fourth-order valence-electron chi connectivity index (χ4n) is 4.14. The van der Waals surface area contributed by atoms with E-state index >= 15 is 0 Å². The number of ether oxygens (including phenoxy) is 1. The Bertz CT molecular complexity index is 1240. The smallest absolute Gasteiger partial charge is 0.422 e. The lowest BCUT2D eigenvalue weighted by Gasteiger charge is -2.22. The van der Waals surface area contributed by atoms with E-state index in [2.05, 4.69) is 4.74 Å². The van der Waals surface area contributed by atoms with Gasteiger partial charge in [-0.05, 0) is 73.6 Å². The predicted molar refractivity (Wildman–Crippen MR) is 145 cm³/mol. The second kappa shape index (κ2) is 14.1. The van der Waals surface area contributed by atoms with Crippen LogP contribution in [-0.4, -0.2) is 59.4 Å². The van der Waals surface area contributed by atoms with Crippen molar-refractivity contribution in [1.29, 1.82) is 0 Å². The van der Waals surface area contributed by atoms with E-state index in [0.717, 1.165) is 47.9 Å². The molecule has 2 aliphatic rings. The first-order valence-electron chi connectivity index (χ1n) is 13.5. The van der Waals surface area contributed by atoms with Gasteiger partial charge in [0.05, 0.1) is 0 Å². The third-order valence-corrected chi connectivity index (χ3v) is 6.92. The van der Waals surface area contributed by atoms with E-state index in [4.69, 9.17) is 5.73 Å². The van der Waals surface area contributed by atoms with Gasteiger partial charge in [-0.3, -0.25) is 14.4 Å². The molecule has 41 heavy (non-hydrogen) atoms. The van der Waals surface area contributed by atoms with E-state index in [1.165, 1.54) is 4.90 Å². The molecule has 0 radical (unpaired) electrons. The highest BCUT2D eigenvalue weighted by atomic mass is 19.4. The highest BCUT2D eigenvalue weighted by Gasteiger charge is 2.34. The van der Waals surface area contributed by atoms with Gasteiger partial charge in [-0.2, -0.15) is 13.2 Å². The Morgan fingerprint density at radius 1 is 0.780 bits per heavy atom. The fraction of sp³-hybridized carbons (Fsp3) is 0.467. The maximum atomic E-state index is 12.1. The number of halogens is 3. The summed E-state index contributed by atoms with van der Waals surface area (Å²) >= 11 is 0. The van der Waals surface area contributed by atoms with Crippen molar-refractivity contribution in [1.82, 2.24) is 9.80 Å². The van der Waals surface area contributed by atoms with Crippen LogP contribution in [0.25, 0.3) is 0 Å². The van der Waals surface area contributed by atoms with Crippen molar-refractivity contribution < 1.29 is 37.1 Å². The topological polar surface area (TPSA) is 110 Å². The zero-order chi connectivity index (χ0) is 30.2. The molecule has 2 fully saturated rings. The summed E-state index contributed by atoms with van der Waals surface area (Å²) in [4.78, 5) is 49.4. The Morgan fingerprint density at radius 2 is 1.20 bits per heavy atom. The fourth-order valence-corrected chi connectivity index (χ4v) is 4.14. The summed E-state index contributed by atoms with van der Waals surface area (Å²) in [6.07, 6.45) is -0.468. The normalized spacial score (nSPS) is 14.4. The predicted octanol–water partition coefficient (Wildman–Crippen LogP) is 4.06. The van der Waals surface area contributed by atoms with Crippen LogP contribution in [0.2, 0.25) is 0 Å². The van der Waals surface area contributed by atoms with E-state index in [1.54, 1.807) is 4.90 Å². The molecule has 4 rings (SSSR count). The Kier molecular flexibility index (Phi) is 10.9. The van der Waals surface area contributed by atoms with Gasteiger partial charge in [0.15, 0.2) is 6.61 Å². The van der Waals surface area contributed by atoms with Crippen molar-refractivity contribution in [3.05, 3.63) is 70.8 Å². The molecule has 0 heterocycles. The van der Waals surface area contributed by atoms with Crippen LogP contribution in [0.3, 0.4) is 0 Å². The van der Waals surface area contributed by atoms with Gasteiger partial charge in [0.25, 0.3) is 0 Å². The number of hydrogen-bond donors (Lipinski definition) is 1. The molecule has 0 atom stereocenters. The average Bonchev–Trinajstić information content (AvgIpc) is 3.85. The number of esters is 1.